The first-order chi connectivity index (χ1) is 16.9. The first-order valence-electron chi connectivity index (χ1n) is 10.6. The second-order valence-electron chi connectivity index (χ2n) is 8.25. The molecule has 0 aliphatic rings. The fraction of sp³-hybridized carbons (Fsp3) is 0.391. The SMILES string of the molecule is COC(=O)Nc1ccc(C(=O)COC(=O)C(Cc2nc(C(=O)OC)co2)NC(=O)OC(C)(C)C)cc1. The molecule has 0 saturated heterocycles. The van der Waals surface area contributed by atoms with Gasteiger partial charge in [-0.15, -0.1) is 0 Å². The van der Waals surface area contributed by atoms with Gasteiger partial charge in [-0.3, -0.25) is 10.1 Å². The quantitative estimate of drug-likeness (QED) is 0.291. The third kappa shape index (κ3) is 8.74. The van der Waals surface area contributed by atoms with Gasteiger partial charge in [0, 0.05) is 11.3 Å². The highest BCUT2D eigenvalue weighted by Crippen LogP contribution is 2.13. The summed E-state index contributed by atoms with van der Waals surface area (Å²) in [6.07, 6.45) is -0.836. The number of carbonyl (C=O) groups is 5. The molecule has 0 aliphatic carbocycles. The van der Waals surface area contributed by atoms with Crippen molar-refractivity contribution >= 4 is 35.6 Å². The van der Waals surface area contributed by atoms with Gasteiger partial charge < -0.3 is 28.7 Å². The van der Waals surface area contributed by atoms with Crippen LogP contribution in [-0.4, -0.2) is 67.4 Å². The topological polar surface area (TPSA) is 172 Å². The number of amides is 2. The minimum Gasteiger partial charge on any atom is -0.464 e. The zero-order valence-electron chi connectivity index (χ0n) is 20.4. The maximum atomic E-state index is 12.7. The first-order valence-corrected chi connectivity index (χ1v) is 10.6. The molecule has 1 aromatic heterocycles. The molecule has 0 fully saturated rings. The molecule has 1 heterocycles. The highest BCUT2D eigenvalue weighted by molar-refractivity contribution is 5.99. The summed E-state index contributed by atoms with van der Waals surface area (Å²) in [6, 6.07) is 4.46. The summed E-state index contributed by atoms with van der Waals surface area (Å²) < 4.78 is 24.5. The summed E-state index contributed by atoms with van der Waals surface area (Å²) in [7, 11) is 2.38. The summed E-state index contributed by atoms with van der Waals surface area (Å²) in [4.78, 5) is 64.2. The molecule has 1 unspecified atom stereocenters. The van der Waals surface area contributed by atoms with E-state index < -0.39 is 48.2 Å². The second kappa shape index (κ2) is 12.3. The standard InChI is InChI=1S/C23H27N3O10/c1-23(2,3)36-22(31)26-15(10-18-25-16(11-34-18)19(28)32-4)20(29)35-12-17(27)13-6-8-14(9-7-13)24-21(30)33-5/h6-9,11,15H,10,12H2,1-5H3,(H,24,30)(H,26,31). The Balaban J connectivity index is 2.07. The minimum absolute atomic E-state index is 0.0616. The van der Waals surface area contributed by atoms with Crippen molar-refractivity contribution in [2.45, 2.75) is 38.8 Å². The average molecular weight is 505 g/mol. The van der Waals surface area contributed by atoms with Crippen molar-refractivity contribution in [3.8, 4) is 0 Å². The number of rotatable bonds is 9. The lowest BCUT2D eigenvalue weighted by Gasteiger charge is -2.22. The molecule has 194 valence electrons. The van der Waals surface area contributed by atoms with Gasteiger partial charge in [-0.25, -0.2) is 24.2 Å². The summed E-state index contributed by atoms with van der Waals surface area (Å²) in [6.45, 7) is 4.29. The average Bonchev–Trinajstić information content (AvgIpc) is 3.29. The lowest BCUT2D eigenvalue weighted by atomic mass is 10.1. The van der Waals surface area contributed by atoms with Crippen molar-refractivity contribution in [2.75, 3.05) is 26.1 Å². The van der Waals surface area contributed by atoms with Gasteiger partial charge in [0.1, 0.15) is 17.9 Å². The first kappa shape index (κ1) is 27.8. The van der Waals surface area contributed by atoms with E-state index in [9.17, 15) is 24.0 Å². The van der Waals surface area contributed by atoms with Crippen molar-refractivity contribution in [1.29, 1.82) is 0 Å². The number of nitrogens with one attached hydrogen (secondary N) is 2. The fourth-order valence-electron chi connectivity index (χ4n) is 2.65. The minimum atomic E-state index is -1.34. The molecule has 1 aromatic carbocycles. The number of oxazole rings is 1. The van der Waals surface area contributed by atoms with Gasteiger partial charge in [0.05, 0.1) is 20.6 Å². The summed E-state index contributed by atoms with van der Waals surface area (Å²) >= 11 is 0. The molecule has 1 atom stereocenters. The predicted molar refractivity (Wildman–Crippen MR) is 122 cm³/mol. The van der Waals surface area contributed by atoms with Gasteiger partial charge in [-0.2, -0.15) is 0 Å². The lowest BCUT2D eigenvalue weighted by molar-refractivity contribution is -0.145. The van der Waals surface area contributed by atoms with E-state index in [2.05, 4.69) is 25.1 Å². The number of ether oxygens (including phenoxy) is 4. The number of carbonyl (C=O) groups excluding carboxylic acids is 5. The van der Waals surface area contributed by atoms with Gasteiger partial charge in [0.15, 0.2) is 24.0 Å². The lowest BCUT2D eigenvalue weighted by Crippen LogP contribution is -2.46. The summed E-state index contributed by atoms with van der Waals surface area (Å²) in [5.41, 5.74) is -0.360. The zero-order chi connectivity index (χ0) is 26.9. The Morgan fingerprint density at radius 3 is 2.25 bits per heavy atom. The maximum absolute atomic E-state index is 12.7. The van der Waals surface area contributed by atoms with Crippen LogP contribution in [0.25, 0.3) is 0 Å². The van der Waals surface area contributed by atoms with Crippen molar-refractivity contribution < 1.29 is 47.3 Å². The molecular formula is C23H27N3O10. The largest absolute Gasteiger partial charge is 0.464 e. The van der Waals surface area contributed by atoms with E-state index in [0.717, 1.165) is 6.26 Å². The van der Waals surface area contributed by atoms with Gasteiger partial charge in [-0.1, -0.05) is 0 Å². The number of anilines is 1. The smallest absolute Gasteiger partial charge is 0.411 e. The molecule has 2 N–H and O–H groups in total. The number of ketones is 1. The van der Waals surface area contributed by atoms with Crippen LogP contribution in [0.5, 0.6) is 0 Å². The Hall–Kier alpha value is -4.42. The second-order valence-corrected chi connectivity index (χ2v) is 8.25. The highest BCUT2D eigenvalue weighted by atomic mass is 16.6. The van der Waals surface area contributed by atoms with E-state index in [-0.39, 0.29) is 23.6 Å². The fourth-order valence-corrected chi connectivity index (χ4v) is 2.65. The van der Waals surface area contributed by atoms with E-state index in [1.165, 1.54) is 38.5 Å². The number of esters is 2. The Bertz CT molecular complexity index is 1100. The summed E-state index contributed by atoms with van der Waals surface area (Å²) in [5.74, 6) is -2.31. The van der Waals surface area contributed by atoms with Gasteiger partial charge in [0.25, 0.3) is 0 Å². The molecule has 2 rings (SSSR count). The van der Waals surface area contributed by atoms with Crippen LogP contribution in [0.4, 0.5) is 15.3 Å². The molecule has 2 aromatic rings. The van der Waals surface area contributed by atoms with Crippen molar-refractivity contribution in [3.63, 3.8) is 0 Å². The van der Waals surface area contributed by atoms with Crippen LogP contribution in [0, 0.1) is 0 Å². The molecular weight excluding hydrogens is 478 g/mol. The van der Waals surface area contributed by atoms with Gasteiger partial charge in [0.2, 0.25) is 0 Å². The van der Waals surface area contributed by atoms with E-state index in [4.69, 9.17) is 13.9 Å². The van der Waals surface area contributed by atoms with E-state index in [1.54, 1.807) is 20.8 Å². The number of aromatic nitrogens is 1. The van der Waals surface area contributed by atoms with Crippen LogP contribution in [0.1, 0.15) is 47.5 Å². The van der Waals surface area contributed by atoms with Crippen LogP contribution < -0.4 is 10.6 Å². The Kier molecular flexibility index (Phi) is 9.53. The molecule has 13 nitrogen and oxygen atoms in total. The molecule has 0 saturated carbocycles. The molecule has 0 spiro atoms. The number of nitrogens with zero attached hydrogens (tertiary/aromatic N) is 1. The third-order valence-corrected chi connectivity index (χ3v) is 4.28. The maximum Gasteiger partial charge on any atom is 0.411 e. The zero-order valence-corrected chi connectivity index (χ0v) is 20.4. The van der Waals surface area contributed by atoms with Crippen molar-refractivity contribution in [2.24, 2.45) is 0 Å². The van der Waals surface area contributed by atoms with Crippen LogP contribution in [-0.2, 0) is 30.2 Å². The number of benzene rings is 1. The highest BCUT2D eigenvalue weighted by Gasteiger charge is 2.29. The molecule has 0 radical (unpaired) electrons. The van der Waals surface area contributed by atoms with Crippen LogP contribution in [0.3, 0.4) is 0 Å². The van der Waals surface area contributed by atoms with Crippen molar-refractivity contribution in [1.82, 2.24) is 10.3 Å². The van der Waals surface area contributed by atoms with E-state index in [0.29, 0.717) is 5.69 Å². The number of hydrogen-bond acceptors (Lipinski definition) is 11. The predicted octanol–water partition coefficient (Wildman–Crippen LogP) is 2.50. The molecule has 13 heteroatoms. The molecule has 0 aliphatic heterocycles. The monoisotopic (exact) mass is 505 g/mol. The van der Waals surface area contributed by atoms with Crippen LogP contribution in [0.2, 0.25) is 0 Å². The van der Waals surface area contributed by atoms with Crippen molar-refractivity contribution in [3.05, 3.63) is 47.7 Å². The van der Waals surface area contributed by atoms with Crippen LogP contribution in [0.15, 0.2) is 34.9 Å². The van der Waals surface area contributed by atoms with Gasteiger partial charge in [-0.05, 0) is 45.0 Å². The number of alkyl carbamates (subject to hydrolysis) is 1. The van der Waals surface area contributed by atoms with Crippen LogP contribution >= 0.6 is 0 Å². The van der Waals surface area contributed by atoms with Gasteiger partial charge >= 0.3 is 24.1 Å². The summed E-state index contributed by atoms with van der Waals surface area (Å²) in [5, 5.41) is 4.79. The number of hydrogen-bond donors (Lipinski definition) is 2. The molecule has 36 heavy (non-hydrogen) atoms. The third-order valence-electron chi connectivity index (χ3n) is 4.28. The van der Waals surface area contributed by atoms with E-state index >= 15 is 0 Å². The molecule has 2 amide bonds. The Morgan fingerprint density at radius 2 is 1.67 bits per heavy atom. The van der Waals surface area contributed by atoms with E-state index in [1.807, 2.05) is 0 Å². The number of Topliss-reactive ketones (excluding diaryl/α,β-unsaturated/α-hetero) is 1. The number of methoxy groups -OCH3 is 2. The Morgan fingerprint density at radius 1 is 1.00 bits per heavy atom. The normalized spacial score (nSPS) is 11.6. The molecule has 0 bridgehead atoms. The Labute approximate surface area is 206 Å².